The van der Waals surface area contributed by atoms with Crippen LogP contribution in [0, 0.1) is 11.8 Å². The highest BCUT2D eigenvalue weighted by atomic mass is 32.2. The van der Waals surface area contributed by atoms with Crippen molar-refractivity contribution in [2.45, 2.75) is 172 Å². The average Bonchev–Trinajstić information content (AvgIpc) is 3.91. The summed E-state index contributed by atoms with van der Waals surface area (Å²) in [5.41, 5.74) is -4.61. The number of hydrogen-bond donors (Lipinski definition) is 3. The zero-order chi connectivity index (χ0) is 50.8. The van der Waals surface area contributed by atoms with Crippen LogP contribution >= 0.6 is 0 Å². The van der Waals surface area contributed by atoms with Crippen molar-refractivity contribution in [3.63, 3.8) is 0 Å². The third-order valence-corrected chi connectivity index (χ3v) is 17.0. The molecule has 388 valence electrons. The van der Waals surface area contributed by atoms with Crippen LogP contribution in [0.15, 0.2) is 30.4 Å². The number of rotatable bonds is 14. The Kier molecular flexibility index (Phi) is 16.1. The van der Waals surface area contributed by atoms with Crippen molar-refractivity contribution in [3.8, 4) is 11.5 Å². The van der Waals surface area contributed by atoms with Crippen molar-refractivity contribution in [1.29, 1.82) is 0 Å². The number of aryl methyl sites for hydroxylation is 1. The molecule has 2 aromatic rings. The molecule has 1 aliphatic carbocycles. The van der Waals surface area contributed by atoms with Gasteiger partial charge < -0.3 is 34.5 Å². The highest BCUT2D eigenvalue weighted by Crippen LogP contribution is 2.45. The Bertz CT molecular complexity index is 2400. The lowest BCUT2D eigenvalue weighted by Gasteiger charge is -2.36. The number of fused-ring (bicyclic) bond motifs is 4. The first-order chi connectivity index (χ1) is 33.0. The van der Waals surface area contributed by atoms with Crippen molar-refractivity contribution < 1.29 is 59.7 Å². The Morgan fingerprint density at radius 2 is 1.76 bits per heavy atom. The molecule has 5 heterocycles. The standard InChI is InChI=1S/C50H71F3N6O10S/c1-8-36-37-25-35(67-24-14-23-58-33-17-18-34(58)29-66-28-33)19-20-38(37)54-42(50(51,52)53)41(36)69-47(5)26-40-43(60)56-49(7,45(62)57-70(64,65)48(6)21-22-48)32(4)15-12-10-9-11-13-16-39(44(61)59(40)30-47)55-46(63)68-27-31(2)3/h12,15,19-20,25,31-34,39-40H,8-11,13-14,16-18,21-24,26-30H2,1-7H3,(H,55,63)(H,56,60)(H,57,62)/b15-12-/t32-,33?,34?,39-,40-,47+,49+/m0/s1. The number of benzene rings is 1. The van der Waals surface area contributed by atoms with Crippen LogP contribution in [-0.2, 0) is 46.5 Å². The van der Waals surface area contributed by atoms with Gasteiger partial charge >= 0.3 is 12.3 Å². The number of carbonyl (C=O) groups is 4. The molecule has 2 bridgehead atoms. The number of nitrogens with one attached hydrogen (secondary N) is 3. The molecule has 0 radical (unpaired) electrons. The summed E-state index contributed by atoms with van der Waals surface area (Å²) in [7, 11) is -4.16. The summed E-state index contributed by atoms with van der Waals surface area (Å²) in [6.45, 7) is 13.8. The summed E-state index contributed by atoms with van der Waals surface area (Å²) in [6.07, 6.45) is 3.61. The van der Waals surface area contributed by atoms with Gasteiger partial charge in [-0.2, -0.15) is 13.2 Å². The second-order valence-corrected chi connectivity index (χ2v) is 23.2. The summed E-state index contributed by atoms with van der Waals surface area (Å²) in [4.78, 5) is 65.0. The van der Waals surface area contributed by atoms with E-state index in [1.807, 2.05) is 19.9 Å². The molecular formula is C50H71F3N6O10S. The molecule has 3 saturated heterocycles. The minimum absolute atomic E-state index is 0.0121. The van der Waals surface area contributed by atoms with Crippen molar-refractivity contribution >= 4 is 44.7 Å². The quantitative estimate of drug-likeness (QED) is 0.130. The fraction of sp³-hybridized carbons (Fsp3) is 0.700. The second-order valence-electron chi connectivity index (χ2n) is 21.0. The number of nitrogens with zero attached hydrogens (tertiary/aromatic N) is 3. The van der Waals surface area contributed by atoms with E-state index in [1.165, 1.54) is 31.7 Å². The van der Waals surface area contributed by atoms with Crippen molar-refractivity contribution in [1.82, 2.24) is 30.1 Å². The molecule has 70 heavy (non-hydrogen) atoms. The van der Waals surface area contributed by atoms with E-state index < -0.39 is 91.9 Å². The zero-order valence-corrected chi connectivity index (χ0v) is 42.4. The van der Waals surface area contributed by atoms with E-state index in [9.17, 15) is 27.6 Å². The Labute approximate surface area is 409 Å². The molecule has 5 aliphatic rings. The number of allylic oxidation sites excluding steroid dienone is 1. The fourth-order valence-corrected chi connectivity index (χ4v) is 11.4. The van der Waals surface area contributed by atoms with Gasteiger partial charge in [0.05, 0.1) is 43.2 Å². The third-order valence-electron chi connectivity index (χ3n) is 14.8. The smallest absolute Gasteiger partial charge is 0.437 e. The molecule has 1 saturated carbocycles. The van der Waals surface area contributed by atoms with Crippen LogP contribution in [0.2, 0.25) is 0 Å². The predicted octanol–water partition coefficient (Wildman–Crippen LogP) is 6.97. The molecule has 4 amide bonds. The number of pyridine rings is 1. The largest absolute Gasteiger partial charge is 0.494 e. The van der Waals surface area contributed by atoms with E-state index in [0.717, 1.165) is 39.0 Å². The summed E-state index contributed by atoms with van der Waals surface area (Å²) in [6, 6.07) is 2.85. The summed E-state index contributed by atoms with van der Waals surface area (Å²) in [5, 5.41) is 5.83. The second kappa shape index (κ2) is 21.2. The van der Waals surface area contributed by atoms with Crippen LogP contribution in [0.5, 0.6) is 11.5 Å². The first-order valence-corrected chi connectivity index (χ1v) is 26.4. The maximum Gasteiger partial charge on any atom is 0.437 e. The molecule has 4 aliphatic heterocycles. The Morgan fingerprint density at radius 3 is 2.41 bits per heavy atom. The molecule has 7 rings (SSSR count). The SMILES string of the molecule is CCc1c(O[C@]2(C)C[C@H]3C(=O)N[C@@](C)(C(=O)NS(=O)(=O)C4(C)CC4)[C@@H](C)/C=C\CCCCC[C@H](NC(=O)OCC(C)C)C(=O)N3C2)c(C(F)(F)F)nc2ccc(OCCCN3C4CCC3COC4)cc12. The van der Waals surface area contributed by atoms with Crippen molar-refractivity contribution in [2.24, 2.45) is 11.8 Å². The molecule has 16 nitrogen and oxygen atoms in total. The Morgan fingerprint density at radius 1 is 1.04 bits per heavy atom. The van der Waals surface area contributed by atoms with Crippen LogP contribution in [0.4, 0.5) is 18.0 Å². The van der Waals surface area contributed by atoms with Gasteiger partial charge in [-0.25, -0.2) is 18.2 Å². The van der Waals surface area contributed by atoms with Crippen molar-refractivity contribution in [2.75, 3.05) is 39.5 Å². The van der Waals surface area contributed by atoms with E-state index in [0.29, 0.717) is 68.4 Å². The molecule has 1 aromatic carbocycles. The van der Waals surface area contributed by atoms with Gasteiger partial charge in [0.1, 0.15) is 29.0 Å². The van der Waals surface area contributed by atoms with Crippen LogP contribution in [0.3, 0.4) is 0 Å². The number of amides is 4. The normalized spacial score (nSPS) is 29.1. The van der Waals surface area contributed by atoms with Crippen molar-refractivity contribution in [3.05, 3.63) is 41.6 Å². The number of alkyl halides is 3. The fourth-order valence-electron chi connectivity index (χ4n) is 10.1. The lowest BCUT2D eigenvalue weighted by Crippen LogP contribution is -2.64. The van der Waals surface area contributed by atoms with Gasteiger partial charge in [0.15, 0.2) is 11.4 Å². The zero-order valence-electron chi connectivity index (χ0n) is 41.5. The third kappa shape index (κ3) is 11.8. The topological polar surface area (TPSA) is 195 Å². The molecule has 1 aromatic heterocycles. The van der Waals surface area contributed by atoms with E-state index in [2.05, 4.69) is 25.2 Å². The maximum absolute atomic E-state index is 15.2. The number of halogens is 3. The first kappa shape index (κ1) is 53.1. The minimum atomic E-state index is -4.99. The van der Waals surface area contributed by atoms with Crippen LogP contribution < -0.4 is 24.8 Å². The number of sulfonamides is 1. The van der Waals surface area contributed by atoms with Gasteiger partial charge in [0.25, 0.3) is 5.91 Å². The van der Waals surface area contributed by atoms with Crippen LogP contribution in [-0.4, -0.2) is 127 Å². The lowest BCUT2D eigenvalue weighted by atomic mass is 9.85. The number of alkyl carbamates (subject to hydrolysis) is 1. The number of aromatic nitrogens is 1. The molecule has 3 N–H and O–H groups in total. The maximum atomic E-state index is 15.2. The number of hydrogen-bond acceptors (Lipinski definition) is 12. The van der Waals surface area contributed by atoms with Gasteiger partial charge in [-0.1, -0.05) is 52.7 Å². The lowest BCUT2D eigenvalue weighted by molar-refractivity contribution is -0.144. The first-order valence-electron chi connectivity index (χ1n) is 25.0. The van der Waals surface area contributed by atoms with Crippen LogP contribution in [0.1, 0.15) is 130 Å². The Hall–Kier alpha value is -4.69. The molecule has 20 heteroatoms. The summed E-state index contributed by atoms with van der Waals surface area (Å²) >= 11 is 0. The van der Waals surface area contributed by atoms with E-state index >= 15 is 13.2 Å². The van der Waals surface area contributed by atoms with Gasteiger partial charge in [-0.05, 0) is 103 Å². The van der Waals surface area contributed by atoms with E-state index in [4.69, 9.17) is 18.9 Å². The highest BCUT2D eigenvalue weighted by molar-refractivity contribution is 7.91. The van der Waals surface area contributed by atoms with Gasteiger partial charge in [-0.3, -0.25) is 24.0 Å². The van der Waals surface area contributed by atoms with Gasteiger partial charge in [-0.15, -0.1) is 0 Å². The predicted molar refractivity (Wildman–Crippen MR) is 255 cm³/mol. The monoisotopic (exact) mass is 1000 g/mol. The molecule has 0 spiro atoms. The number of ether oxygens (including phenoxy) is 4. The van der Waals surface area contributed by atoms with Gasteiger partial charge in [0.2, 0.25) is 21.8 Å². The van der Waals surface area contributed by atoms with Gasteiger partial charge in [0, 0.05) is 41.9 Å². The minimum Gasteiger partial charge on any atom is -0.494 e. The number of carbonyl (C=O) groups excluding carboxylic acids is 4. The Balaban J connectivity index is 1.22. The van der Waals surface area contributed by atoms with E-state index in [1.54, 1.807) is 32.1 Å². The highest BCUT2D eigenvalue weighted by Gasteiger charge is 2.55. The molecule has 7 atom stereocenters. The average molecular weight is 1010 g/mol. The summed E-state index contributed by atoms with van der Waals surface area (Å²) < 4.78 is 97.3. The molecular weight excluding hydrogens is 934 g/mol. The molecule has 2 unspecified atom stereocenters. The summed E-state index contributed by atoms with van der Waals surface area (Å²) in [5.74, 6) is -3.49. The van der Waals surface area contributed by atoms with E-state index in [-0.39, 0.29) is 42.9 Å². The number of morpholine rings is 1. The molecule has 4 fully saturated rings. The van der Waals surface area contributed by atoms with Crippen LogP contribution in [0.25, 0.3) is 10.9 Å².